The van der Waals surface area contributed by atoms with Gasteiger partial charge in [-0.15, -0.1) is 29.7 Å². The van der Waals surface area contributed by atoms with Crippen molar-refractivity contribution in [2.24, 2.45) is 0 Å². The quantitative estimate of drug-likeness (QED) is 0.265. The summed E-state index contributed by atoms with van der Waals surface area (Å²) in [5.74, 6) is 0. The van der Waals surface area contributed by atoms with E-state index in [1.807, 2.05) is 6.07 Å². The Morgan fingerprint density at radius 2 is 1.41 bits per heavy atom. The van der Waals surface area contributed by atoms with Crippen molar-refractivity contribution in [3.8, 4) is 0 Å². The van der Waals surface area contributed by atoms with Gasteiger partial charge in [-0.05, 0) is 0 Å². The number of benzene rings is 2. The Balaban J connectivity index is 0.000000392. The van der Waals surface area contributed by atoms with E-state index in [-0.39, 0.29) is 24.8 Å². The molecule has 0 unspecified atom stereocenters. The van der Waals surface area contributed by atoms with E-state index in [4.69, 9.17) is 0 Å². The first-order chi connectivity index (χ1) is 12.9. The summed E-state index contributed by atoms with van der Waals surface area (Å²) < 4.78 is 1.46. The summed E-state index contributed by atoms with van der Waals surface area (Å²) in [7, 11) is -0.981. The molecule has 0 aromatic heterocycles. The third-order valence-electron chi connectivity index (χ3n) is 4.28. The predicted octanol–water partition coefficient (Wildman–Crippen LogP) is 0.291. The SMILES string of the molecule is C[C](=[Zr+2])c1ccccc1.C[Si](C)(C)c1cc[cH-]c1.[Cl-].[Cl-].c1ccc2[cH-]ccc2c1. The molecule has 0 spiro atoms. The van der Waals surface area contributed by atoms with E-state index < -0.39 is 8.07 Å². The maximum atomic E-state index is 2.36. The van der Waals surface area contributed by atoms with Gasteiger partial charge in [0, 0.05) is 8.07 Å². The van der Waals surface area contributed by atoms with E-state index in [1.165, 1.54) is 43.8 Å². The molecule has 4 heteroatoms. The summed E-state index contributed by atoms with van der Waals surface area (Å²) in [5.41, 5.74) is 1.37. The summed E-state index contributed by atoms with van der Waals surface area (Å²) in [6.07, 6.45) is 0. The van der Waals surface area contributed by atoms with Gasteiger partial charge in [-0.3, -0.25) is 0 Å². The van der Waals surface area contributed by atoms with Crippen LogP contribution in [-0.2, 0) is 24.2 Å². The van der Waals surface area contributed by atoms with Crippen molar-refractivity contribution in [3.63, 3.8) is 0 Å². The van der Waals surface area contributed by atoms with Gasteiger partial charge >= 0.3 is 70.3 Å². The monoisotopic (exact) mass is 516 g/mol. The van der Waals surface area contributed by atoms with E-state index in [9.17, 15) is 0 Å². The number of rotatable bonds is 2. The van der Waals surface area contributed by atoms with Crippen LogP contribution in [0.15, 0.2) is 97.1 Å². The van der Waals surface area contributed by atoms with Crippen LogP contribution in [0, 0.1) is 0 Å². The van der Waals surface area contributed by atoms with E-state index >= 15 is 0 Å². The van der Waals surface area contributed by atoms with Crippen molar-refractivity contribution < 1.29 is 49.0 Å². The smallest absolute Gasteiger partial charge is 0.00392 e. The fraction of sp³-hybridized carbons (Fsp3) is 0.160. The van der Waals surface area contributed by atoms with Gasteiger partial charge < -0.3 is 24.8 Å². The zero-order valence-electron chi connectivity index (χ0n) is 17.5. The van der Waals surface area contributed by atoms with Crippen molar-refractivity contribution in [1.82, 2.24) is 0 Å². The van der Waals surface area contributed by atoms with Crippen LogP contribution >= 0.6 is 0 Å². The van der Waals surface area contributed by atoms with Crippen molar-refractivity contribution in [3.05, 3.63) is 103 Å². The second kappa shape index (κ2) is 14.0. The number of hydrogen-bond donors (Lipinski definition) is 0. The molecule has 152 valence electrons. The molecule has 0 radical (unpaired) electrons. The topological polar surface area (TPSA) is 0 Å². The fourth-order valence-electron chi connectivity index (χ4n) is 2.63. The molecule has 0 amide bonds. The van der Waals surface area contributed by atoms with E-state index in [0.717, 1.165) is 0 Å². The standard InChI is InChI=1S/C9H7.C8H13Si.C8H8.2ClH.Zr/c1-2-5-9-7-3-6-8(9)4-1;1-9(2,3)8-6-4-5-7-8;1-2-8-6-4-3-5-7-8;;;/h1-7H;4-7H,1-3H3;3-7H,1H3;2*1H;/q2*-1;;;;+2/p-2. The van der Waals surface area contributed by atoms with Crippen LogP contribution in [0.1, 0.15) is 12.5 Å². The molecule has 4 aromatic carbocycles. The zero-order valence-corrected chi connectivity index (χ0v) is 22.5. The van der Waals surface area contributed by atoms with Crippen molar-refractivity contribution in [1.29, 1.82) is 0 Å². The fourth-order valence-corrected chi connectivity index (χ4v) is 4.23. The molecule has 0 aliphatic carbocycles. The first-order valence-corrected chi connectivity index (χ1v) is 14.0. The second-order valence-electron chi connectivity index (χ2n) is 7.57. The van der Waals surface area contributed by atoms with E-state index in [2.05, 4.69) is 118 Å². The maximum Gasteiger partial charge on any atom is 0.00392 e. The molecule has 4 aromatic rings. The van der Waals surface area contributed by atoms with Gasteiger partial charge in [-0.2, -0.15) is 35.7 Å². The molecule has 0 bridgehead atoms. The first-order valence-electron chi connectivity index (χ1n) is 9.31. The summed E-state index contributed by atoms with van der Waals surface area (Å²) in [6, 6.07) is 33.8. The van der Waals surface area contributed by atoms with Crippen molar-refractivity contribution in [2.75, 3.05) is 0 Å². The van der Waals surface area contributed by atoms with E-state index in [0.29, 0.717) is 0 Å². The molecular weight excluding hydrogens is 490 g/mol. The molecule has 0 aliphatic heterocycles. The summed E-state index contributed by atoms with van der Waals surface area (Å²) >= 11 is 1.51. The first kappa shape index (κ1) is 27.9. The maximum absolute atomic E-state index is 2.36. The Hall–Kier alpha value is -1.05. The zero-order chi connectivity index (χ0) is 19.7. The van der Waals surface area contributed by atoms with Gasteiger partial charge in [0.15, 0.2) is 0 Å². The van der Waals surface area contributed by atoms with Crippen LogP contribution in [-0.4, -0.2) is 11.3 Å². The number of fused-ring (bicyclic) bond motifs is 1. The molecule has 29 heavy (non-hydrogen) atoms. The normalized spacial score (nSPS) is 9.72. The summed E-state index contributed by atoms with van der Waals surface area (Å²) in [5, 5.41) is 4.22. The Kier molecular flexibility index (Phi) is 13.5. The van der Waals surface area contributed by atoms with Crippen LogP contribution in [0.5, 0.6) is 0 Å². The van der Waals surface area contributed by atoms with Crippen LogP contribution < -0.4 is 30.0 Å². The van der Waals surface area contributed by atoms with Gasteiger partial charge in [-0.1, -0.05) is 25.7 Å². The van der Waals surface area contributed by atoms with Gasteiger partial charge in [-0.25, -0.2) is 11.3 Å². The van der Waals surface area contributed by atoms with Crippen LogP contribution in [0.25, 0.3) is 10.8 Å². The van der Waals surface area contributed by atoms with Crippen LogP contribution in [0.4, 0.5) is 0 Å². The largest absolute Gasteiger partial charge is 1.00 e. The predicted molar refractivity (Wildman–Crippen MR) is 121 cm³/mol. The Bertz CT molecular complexity index is 906. The minimum atomic E-state index is -0.981. The molecule has 0 nitrogen and oxygen atoms in total. The minimum absolute atomic E-state index is 0. The average molecular weight is 519 g/mol. The molecule has 0 saturated carbocycles. The molecule has 0 fully saturated rings. The molecule has 0 aliphatic rings. The van der Waals surface area contributed by atoms with Crippen LogP contribution in [0.2, 0.25) is 19.6 Å². The van der Waals surface area contributed by atoms with Crippen molar-refractivity contribution in [2.45, 2.75) is 26.6 Å². The van der Waals surface area contributed by atoms with Gasteiger partial charge in [0.2, 0.25) is 0 Å². The Labute approximate surface area is 204 Å². The summed E-state index contributed by atoms with van der Waals surface area (Å²) in [6.45, 7) is 9.25. The minimum Gasteiger partial charge on any atom is -1.00 e. The molecule has 0 atom stereocenters. The van der Waals surface area contributed by atoms with Gasteiger partial charge in [0.1, 0.15) is 0 Å². The van der Waals surface area contributed by atoms with Gasteiger partial charge in [0.05, 0.1) is 0 Å². The van der Waals surface area contributed by atoms with E-state index in [1.54, 1.807) is 5.19 Å². The molecule has 0 saturated heterocycles. The van der Waals surface area contributed by atoms with Gasteiger partial charge in [0.25, 0.3) is 0 Å². The Morgan fingerprint density at radius 3 is 1.86 bits per heavy atom. The third-order valence-corrected chi connectivity index (χ3v) is 7.06. The Morgan fingerprint density at radius 1 is 0.793 bits per heavy atom. The summed E-state index contributed by atoms with van der Waals surface area (Å²) in [4.78, 5) is 0. The average Bonchev–Trinajstić information content (AvgIpc) is 3.35. The number of halogens is 2. The van der Waals surface area contributed by atoms with Crippen molar-refractivity contribution >= 4 is 27.2 Å². The number of hydrogen-bond acceptors (Lipinski definition) is 0. The molecular formula is C25H28Cl2SiZr-2. The third kappa shape index (κ3) is 10.0. The molecule has 0 heterocycles. The second-order valence-corrected chi connectivity index (χ2v) is 14.5. The molecule has 0 N–H and O–H groups in total. The molecule has 4 rings (SSSR count). The van der Waals surface area contributed by atoms with Crippen LogP contribution in [0.3, 0.4) is 0 Å².